The van der Waals surface area contributed by atoms with E-state index in [1.54, 1.807) is 16.8 Å². The third-order valence-corrected chi connectivity index (χ3v) is 5.71. The predicted octanol–water partition coefficient (Wildman–Crippen LogP) is 1.37. The van der Waals surface area contributed by atoms with Gasteiger partial charge in [-0.05, 0) is 18.6 Å². The lowest BCUT2D eigenvalue weighted by Gasteiger charge is -2.20. The van der Waals surface area contributed by atoms with Crippen LogP contribution < -0.4 is 4.31 Å². The van der Waals surface area contributed by atoms with Crippen LogP contribution in [0.15, 0.2) is 41.6 Å². The van der Waals surface area contributed by atoms with Crippen molar-refractivity contribution in [1.29, 1.82) is 0 Å². The average molecular weight is 351 g/mol. The minimum atomic E-state index is -3.91. The van der Waals surface area contributed by atoms with Crippen LogP contribution in [0.2, 0.25) is 0 Å². The molecule has 0 spiro atoms. The van der Waals surface area contributed by atoms with E-state index in [0.29, 0.717) is 13.2 Å². The molecule has 0 saturated carbocycles. The molecule has 0 aliphatic carbocycles. The van der Waals surface area contributed by atoms with Crippen LogP contribution in [0.25, 0.3) is 0 Å². The van der Waals surface area contributed by atoms with Crippen molar-refractivity contribution in [3.05, 3.63) is 42.2 Å². The smallest absolute Gasteiger partial charge is 0.337 e. The molecule has 2 aromatic rings. The van der Waals surface area contributed by atoms with Crippen molar-refractivity contribution in [2.24, 2.45) is 0 Å². The average Bonchev–Trinajstić information content (AvgIpc) is 3.25. The lowest BCUT2D eigenvalue weighted by Crippen LogP contribution is -2.28. The standard InChI is InChI=1S/C15H17N3O5S/c1-17(14-5-3-2-4-13(14)15(19)20)24(21,22)12-8-16-18(9-12)11-6-7-23-10-11/h2-5,8-9,11H,6-7,10H2,1H3,(H,19,20). The number of benzene rings is 1. The van der Waals surface area contributed by atoms with Crippen LogP contribution in [0.5, 0.6) is 0 Å². The highest BCUT2D eigenvalue weighted by Gasteiger charge is 2.28. The normalized spacial score (nSPS) is 17.8. The fourth-order valence-electron chi connectivity index (χ4n) is 2.60. The number of anilines is 1. The van der Waals surface area contributed by atoms with Crippen molar-refractivity contribution >= 4 is 21.7 Å². The molecule has 1 aromatic heterocycles. The number of hydrogen-bond acceptors (Lipinski definition) is 5. The van der Waals surface area contributed by atoms with Gasteiger partial charge in [0.05, 0.1) is 30.1 Å². The lowest BCUT2D eigenvalue weighted by atomic mass is 10.2. The number of rotatable bonds is 5. The zero-order valence-corrected chi connectivity index (χ0v) is 13.8. The molecule has 0 amide bonds. The van der Waals surface area contributed by atoms with E-state index in [1.807, 2.05) is 0 Å². The second-order valence-electron chi connectivity index (χ2n) is 5.47. The van der Waals surface area contributed by atoms with Gasteiger partial charge in [0.2, 0.25) is 0 Å². The summed E-state index contributed by atoms with van der Waals surface area (Å²) in [6.45, 7) is 1.12. The Morgan fingerprint density at radius 1 is 1.42 bits per heavy atom. The summed E-state index contributed by atoms with van der Waals surface area (Å²) < 4.78 is 33.4. The molecule has 0 bridgehead atoms. The SMILES string of the molecule is CN(c1ccccc1C(=O)O)S(=O)(=O)c1cnn(C2CCOC2)c1. The molecule has 24 heavy (non-hydrogen) atoms. The van der Waals surface area contributed by atoms with Crippen LogP contribution >= 0.6 is 0 Å². The molecule has 3 rings (SSSR count). The van der Waals surface area contributed by atoms with E-state index in [-0.39, 0.29) is 22.2 Å². The molecule has 1 saturated heterocycles. The van der Waals surface area contributed by atoms with Crippen LogP contribution in [0.1, 0.15) is 22.8 Å². The first kappa shape index (κ1) is 16.5. The van der Waals surface area contributed by atoms with Crippen molar-refractivity contribution in [2.75, 3.05) is 24.6 Å². The molecule has 0 radical (unpaired) electrons. The van der Waals surface area contributed by atoms with E-state index < -0.39 is 16.0 Å². The Hall–Kier alpha value is -2.39. The molecule has 1 atom stereocenters. The Bertz CT molecular complexity index is 855. The summed E-state index contributed by atoms with van der Waals surface area (Å²) in [7, 11) is -2.58. The van der Waals surface area contributed by atoms with Gasteiger partial charge in [-0.15, -0.1) is 0 Å². The van der Waals surface area contributed by atoms with Gasteiger partial charge in [-0.3, -0.25) is 8.99 Å². The largest absolute Gasteiger partial charge is 0.478 e. The number of sulfonamides is 1. The highest BCUT2D eigenvalue weighted by Crippen LogP contribution is 2.26. The van der Waals surface area contributed by atoms with Crippen molar-refractivity contribution in [1.82, 2.24) is 9.78 Å². The third-order valence-electron chi connectivity index (χ3n) is 3.99. The zero-order chi connectivity index (χ0) is 17.3. The van der Waals surface area contributed by atoms with Gasteiger partial charge in [0.25, 0.3) is 10.0 Å². The molecule has 1 fully saturated rings. The number of carboxylic acids is 1. The van der Waals surface area contributed by atoms with Crippen molar-refractivity contribution in [3.63, 3.8) is 0 Å². The summed E-state index contributed by atoms with van der Waals surface area (Å²) in [4.78, 5) is 11.3. The fourth-order valence-corrected chi connectivity index (χ4v) is 3.76. The predicted molar refractivity (Wildman–Crippen MR) is 85.7 cm³/mol. The highest BCUT2D eigenvalue weighted by atomic mass is 32.2. The molecule has 1 N–H and O–H groups in total. The van der Waals surface area contributed by atoms with E-state index >= 15 is 0 Å². The van der Waals surface area contributed by atoms with Gasteiger partial charge in [-0.25, -0.2) is 13.2 Å². The Kier molecular flexibility index (Phi) is 4.29. The minimum absolute atomic E-state index is 0.0112. The fraction of sp³-hybridized carbons (Fsp3) is 0.333. The molecule has 1 aromatic carbocycles. The van der Waals surface area contributed by atoms with E-state index in [0.717, 1.165) is 10.7 Å². The van der Waals surface area contributed by atoms with Gasteiger partial charge in [0.15, 0.2) is 0 Å². The minimum Gasteiger partial charge on any atom is -0.478 e. The molecule has 8 nitrogen and oxygen atoms in total. The topological polar surface area (TPSA) is 102 Å². The van der Waals surface area contributed by atoms with Crippen LogP contribution in [0.3, 0.4) is 0 Å². The lowest BCUT2D eigenvalue weighted by molar-refractivity contribution is 0.0698. The van der Waals surface area contributed by atoms with Gasteiger partial charge in [-0.2, -0.15) is 5.10 Å². The monoisotopic (exact) mass is 351 g/mol. The van der Waals surface area contributed by atoms with Crippen molar-refractivity contribution in [2.45, 2.75) is 17.4 Å². The summed E-state index contributed by atoms with van der Waals surface area (Å²) in [5.41, 5.74) is 0.0158. The molecular weight excluding hydrogens is 334 g/mol. The maximum absolute atomic E-state index is 12.8. The first-order valence-corrected chi connectivity index (χ1v) is 8.78. The molecule has 1 aliphatic heterocycles. The van der Waals surface area contributed by atoms with Crippen LogP contribution in [0.4, 0.5) is 5.69 Å². The van der Waals surface area contributed by atoms with Crippen LogP contribution in [-0.2, 0) is 14.8 Å². The van der Waals surface area contributed by atoms with Gasteiger partial charge in [0, 0.05) is 19.9 Å². The highest BCUT2D eigenvalue weighted by molar-refractivity contribution is 7.92. The summed E-state index contributed by atoms with van der Waals surface area (Å²) >= 11 is 0. The number of hydrogen-bond donors (Lipinski definition) is 1. The second-order valence-corrected chi connectivity index (χ2v) is 7.44. The maximum atomic E-state index is 12.8. The molecule has 9 heteroatoms. The van der Waals surface area contributed by atoms with E-state index in [2.05, 4.69) is 5.10 Å². The zero-order valence-electron chi connectivity index (χ0n) is 13.0. The van der Waals surface area contributed by atoms with Gasteiger partial charge >= 0.3 is 5.97 Å². The summed E-state index contributed by atoms with van der Waals surface area (Å²) in [5, 5.41) is 13.4. The number of nitrogens with zero attached hydrogens (tertiary/aromatic N) is 3. The molecule has 1 aliphatic rings. The third kappa shape index (κ3) is 2.87. The number of carboxylic acid groups (broad SMARTS) is 1. The van der Waals surface area contributed by atoms with Crippen molar-refractivity contribution < 1.29 is 23.1 Å². The first-order chi connectivity index (χ1) is 11.4. The quantitative estimate of drug-likeness (QED) is 0.873. The molecule has 2 heterocycles. The van der Waals surface area contributed by atoms with Gasteiger partial charge < -0.3 is 9.84 Å². The van der Waals surface area contributed by atoms with Crippen LogP contribution in [-0.4, -0.2) is 49.5 Å². The Balaban J connectivity index is 1.94. The Morgan fingerprint density at radius 2 is 2.17 bits per heavy atom. The molecular formula is C15H17N3O5S. The van der Waals surface area contributed by atoms with E-state index in [4.69, 9.17) is 4.74 Å². The molecule has 128 valence electrons. The Morgan fingerprint density at radius 3 is 2.83 bits per heavy atom. The number of para-hydroxylation sites is 1. The summed E-state index contributed by atoms with van der Waals surface area (Å²) in [6, 6.07) is 5.98. The van der Waals surface area contributed by atoms with Gasteiger partial charge in [-0.1, -0.05) is 12.1 Å². The van der Waals surface area contributed by atoms with E-state index in [1.165, 1.54) is 31.6 Å². The Labute approximate surface area is 139 Å². The molecule has 1 unspecified atom stereocenters. The van der Waals surface area contributed by atoms with Gasteiger partial charge in [0.1, 0.15) is 4.90 Å². The second kappa shape index (κ2) is 6.25. The summed E-state index contributed by atoms with van der Waals surface area (Å²) in [6.07, 6.45) is 3.50. The summed E-state index contributed by atoms with van der Waals surface area (Å²) in [5.74, 6) is -1.19. The maximum Gasteiger partial charge on any atom is 0.337 e. The first-order valence-electron chi connectivity index (χ1n) is 7.34. The van der Waals surface area contributed by atoms with Crippen LogP contribution in [0, 0.1) is 0 Å². The number of carbonyl (C=O) groups is 1. The van der Waals surface area contributed by atoms with Crippen molar-refractivity contribution in [3.8, 4) is 0 Å². The number of aromatic carboxylic acids is 1. The number of ether oxygens (including phenoxy) is 1. The number of aromatic nitrogens is 2. The van der Waals surface area contributed by atoms with E-state index in [9.17, 15) is 18.3 Å².